The Morgan fingerprint density at radius 3 is 2.57 bits per heavy atom. The van der Waals surface area contributed by atoms with E-state index in [1.54, 1.807) is 6.07 Å². The number of likely N-dealkylation sites (tertiary alicyclic amines) is 1. The molecule has 1 aromatic rings. The average Bonchev–Trinajstić information content (AvgIpc) is 2.77. The Hall–Kier alpha value is -1.54. The van der Waals surface area contributed by atoms with Crippen LogP contribution in [0.2, 0.25) is 5.15 Å². The number of hydrogen-bond donors (Lipinski definition) is 0. The van der Waals surface area contributed by atoms with E-state index in [1.807, 2.05) is 11.8 Å². The van der Waals surface area contributed by atoms with Crippen LogP contribution in [0.3, 0.4) is 0 Å². The van der Waals surface area contributed by atoms with Crippen LogP contribution in [0.1, 0.15) is 51.9 Å². The first-order chi connectivity index (χ1) is 14.5. The first-order valence-corrected chi connectivity index (χ1v) is 12.2. The molecule has 0 radical (unpaired) electrons. The van der Waals surface area contributed by atoms with E-state index in [0.29, 0.717) is 48.9 Å². The molecule has 2 aliphatic rings. The summed E-state index contributed by atoms with van der Waals surface area (Å²) in [6.45, 7) is 3.36. The van der Waals surface area contributed by atoms with Gasteiger partial charge in [-0.3, -0.25) is 9.59 Å². The van der Waals surface area contributed by atoms with E-state index in [1.165, 1.54) is 43.9 Å². The highest BCUT2D eigenvalue weighted by Crippen LogP contribution is 2.28. The summed E-state index contributed by atoms with van der Waals surface area (Å²) in [7, 11) is 2.06. The number of nitrogens with zero attached hydrogens (tertiary/aromatic N) is 4. The van der Waals surface area contributed by atoms with Crippen molar-refractivity contribution in [2.24, 2.45) is 5.92 Å². The molecule has 0 unspecified atom stereocenters. The average molecular weight is 455 g/mol. The summed E-state index contributed by atoms with van der Waals surface area (Å²) in [5.41, 5.74) is 0. The van der Waals surface area contributed by atoms with Crippen molar-refractivity contribution in [2.75, 3.05) is 37.4 Å². The van der Waals surface area contributed by atoms with Gasteiger partial charge in [0.05, 0.1) is 18.3 Å². The quantitative estimate of drug-likeness (QED) is 0.268. The summed E-state index contributed by atoms with van der Waals surface area (Å²) in [6.07, 6.45) is 7.43. The molecular weight excluding hydrogens is 424 g/mol. The molecule has 0 N–H and O–H groups in total. The number of halogens is 1. The predicted molar refractivity (Wildman–Crippen MR) is 119 cm³/mol. The summed E-state index contributed by atoms with van der Waals surface area (Å²) < 4.78 is 5.09. The molecule has 0 bridgehead atoms. The molecule has 1 aliphatic carbocycles. The molecular formula is C21H31ClN4O3S. The van der Waals surface area contributed by atoms with Crippen molar-refractivity contribution in [3.8, 4) is 0 Å². The number of thioether (sulfide) groups is 1. The van der Waals surface area contributed by atoms with Crippen molar-refractivity contribution in [3.63, 3.8) is 0 Å². The van der Waals surface area contributed by atoms with Crippen LogP contribution in [-0.4, -0.2) is 65.3 Å². The molecule has 166 valence electrons. The van der Waals surface area contributed by atoms with Crippen molar-refractivity contribution >= 4 is 41.1 Å². The lowest BCUT2D eigenvalue weighted by Gasteiger charge is -2.32. The van der Waals surface area contributed by atoms with Crippen molar-refractivity contribution < 1.29 is 14.3 Å². The standard InChI is InChI=1S/C21H31ClN4O3S/c1-3-29-20(28)15-9-11-26(12-10-15)19(27)14-30-21-23-17(22)13-18(24-21)25(2)16-7-5-4-6-8-16/h13,15-16H,3-12,14H2,1-2H3. The van der Waals surface area contributed by atoms with E-state index < -0.39 is 0 Å². The third-order valence-electron chi connectivity index (χ3n) is 5.94. The number of amides is 1. The molecule has 30 heavy (non-hydrogen) atoms. The third kappa shape index (κ3) is 6.23. The molecule has 1 aliphatic heterocycles. The van der Waals surface area contributed by atoms with Gasteiger partial charge in [-0.25, -0.2) is 9.97 Å². The van der Waals surface area contributed by atoms with Gasteiger partial charge < -0.3 is 14.5 Å². The predicted octanol–water partition coefficient (Wildman–Crippen LogP) is 3.79. The molecule has 2 fully saturated rings. The fourth-order valence-electron chi connectivity index (χ4n) is 4.13. The number of rotatable bonds is 7. The number of piperidine rings is 1. The van der Waals surface area contributed by atoms with Crippen LogP contribution >= 0.6 is 23.4 Å². The van der Waals surface area contributed by atoms with Crippen LogP contribution in [-0.2, 0) is 14.3 Å². The highest BCUT2D eigenvalue weighted by Gasteiger charge is 2.28. The number of hydrogen-bond acceptors (Lipinski definition) is 7. The maximum absolute atomic E-state index is 12.6. The maximum atomic E-state index is 12.6. The highest BCUT2D eigenvalue weighted by atomic mass is 35.5. The largest absolute Gasteiger partial charge is 0.466 e. The number of esters is 1. The molecule has 1 aromatic heterocycles. The van der Waals surface area contributed by atoms with Crippen molar-refractivity contribution in [2.45, 2.75) is 63.1 Å². The Morgan fingerprint density at radius 1 is 1.20 bits per heavy atom. The van der Waals surface area contributed by atoms with Gasteiger partial charge in [0.2, 0.25) is 5.91 Å². The van der Waals surface area contributed by atoms with Gasteiger partial charge in [0, 0.05) is 32.2 Å². The first kappa shape index (κ1) is 23.1. The molecule has 1 saturated heterocycles. The third-order valence-corrected chi connectivity index (χ3v) is 6.96. The van der Waals surface area contributed by atoms with E-state index in [-0.39, 0.29) is 23.5 Å². The van der Waals surface area contributed by atoms with Crippen LogP contribution < -0.4 is 4.90 Å². The molecule has 3 rings (SSSR count). The zero-order valence-electron chi connectivity index (χ0n) is 17.8. The van der Waals surface area contributed by atoms with Gasteiger partial charge in [0.15, 0.2) is 5.16 Å². The Kier molecular flexibility index (Phi) is 8.62. The lowest BCUT2D eigenvalue weighted by atomic mass is 9.94. The Labute approximate surface area is 187 Å². The minimum atomic E-state index is -0.152. The normalized spacial score (nSPS) is 18.3. The monoisotopic (exact) mass is 454 g/mol. The number of anilines is 1. The van der Waals surface area contributed by atoms with Gasteiger partial charge in [0.1, 0.15) is 11.0 Å². The summed E-state index contributed by atoms with van der Waals surface area (Å²) in [4.78, 5) is 37.4. The summed E-state index contributed by atoms with van der Waals surface area (Å²) >= 11 is 7.55. The van der Waals surface area contributed by atoms with E-state index >= 15 is 0 Å². The first-order valence-electron chi connectivity index (χ1n) is 10.8. The Morgan fingerprint density at radius 2 is 1.90 bits per heavy atom. The minimum Gasteiger partial charge on any atom is -0.466 e. The summed E-state index contributed by atoms with van der Waals surface area (Å²) in [5.74, 6) is 0.855. The molecule has 2 heterocycles. The van der Waals surface area contributed by atoms with Gasteiger partial charge >= 0.3 is 5.97 Å². The number of carbonyl (C=O) groups is 2. The number of carbonyl (C=O) groups excluding carboxylic acids is 2. The molecule has 1 amide bonds. The lowest BCUT2D eigenvalue weighted by Crippen LogP contribution is -2.41. The van der Waals surface area contributed by atoms with E-state index in [2.05, 4.69) is 21.9 Å². The van der Waals surface area contributed by atoms with Gasteiger partial charge in [-0.2, -0.15) is 0 Å². The fraction of sp³-hybridized carbons (Fsp3) is 0.714. The second kappa shape index (κ2) is 11.2. The second-order valence-electron chi connectivity index (χ2n) is 7.93. The topological polar surface area (TPSA) is 75.6 Å². The molecule has 7 nitrogen and oxygen atoms in total. The number of ether oxygens (including phenoxy) is 1. The van der Waals surface area contributed by atoms with Gasteiger partial charge in [-0.05, 0) is 32.6 Å². The molecule has 0 spiro atoms. The van der Waals surface area contributed by atoms with Crippen molar-refractivity contribution in [1.82, 2.24) is 14.9 Å². The maximum Gasteiger partial charge on any atom is 0.309 e. The van der Waals surface area contributed by atoms with E-state index in [0.717, 1.165) is 5.82 Å². The SMILES string of the molecule is CCOC(=O)C1CCN(C(=O)CSc2nc(Cl)cc(N(C)C3CCCCC3)n2)CC1. The lowest BCUT2D eigenvalue weighted by molar-refractivity contribution is -0.151. The fourth-order valence-corrected chi connectivity index (χ4v) is 5.11. The zero-order valence-corrected chi connectivity index (χ0v) is 19.4. The van der Waals surface area contributed by atoms with E-state index in [9.17, 15) is 9.59 Å². The zero-order chi connectivity index (χ0) is 21.5. The Bertz CT molecular complexity index is 737. The van der Waals surface area contributed by atoms with Gasteiger partial charge in [-0.1, -0.05) is 42.6 Å². The Balaban J connectivity index is 1.52. The molecule has 1 saturated carbocycles. The van der Waals surface area contributed by atoms with Crippen molar-refractivity contribution in [1.29, 1.82) is 0 Å². The smallest absolute Gasteiger partial charge is 0.309 e. The van der Waals surface area contributed by atoms with Crippen LogP contribution in [0, 0.1) is 5.92 Å². The van der Waals surface area contributed by atoms with Gasteiger partial charge in [-0.15, -0.1) is 0 Å². The minimum absolute atomic E-state index is 0.0352. The van der Waals surface area contributed by atoms with Gasteiger partial charge in [0.25, 0.3) is 0 Å². The second-order valence-corrected chi connectivity index (χ2v) is 9.26. The van der Waals surface area contributed by atoms with Crippen LogP contribution in [0.4, 0.5) is 5.82 Å². The van der Waals surface area contributed by atoms with Crippen molar-refractivity contribution in [3.05, 3.63) is 11.2 Å². The number of aromatic nitrogens is 2. The highest BCUT2D eigenvalue weighted by molar-refractivity contribution is 7.99. The molecule has 0 aromatic carbocycles. The van der Waals surface area contributed by atoms with E-state index in [4.69, 9.17) is 16.3 Å². The summed E-state index contributed by atoms with van der Waals surface area (Å²) in [6, 6.07) is 2.27. The van der Waals surface area contributed by atoms with Crippen LogP contribution in [0.5, 0.6) is 0 Å². The van der Waals surface area contributed by atoms with Crippen LogP contribution in [0.15, 0.2) is 11.2 Å². The molecule has 0 atom stereocenters. The molecule has 9 heteroatoms. The summed E-state index contributed by atoms with van der Waals surface area (Å²) in [5, 5.41) is 0.919. The van der Waals surface area contributed by atoms with Crippen LogP contribution in [0.25, 0.3) is 0 Å².